The molecule has 4 aliphatic rings. The summed E-state index contributed by atoms with van der Waals surface area (Å²) in [7, 11) is 1.36. The van der Waals surface area contributed by atoms with Crippen LogP contribution in [0.4, 0.5) is 24.7 Å². The van der Waals surface area contributed by atoms with Gasteiger partial charge in [-0.15, -0.1) is 18.0 Å². The van der Waals surface area contributed by atoms with Gasteiger partial charge >= 0.3 is 6.01 Å². The number of rotatable bonds is 6. The molecule has 0 unspecified atom stereocenters. The molecule has 1 aliphatic carbocycles. The molecule has 0 bridgehead atoms. The smallest absolute Gasteiger partial charge is 0.319 e. The van der Waals surface area contributed by atoms with Gasteiger partial charge in [-0.1, -0.05) is 12.0 Å². The standard InChI is InChI=1S/C34H32ClF3N6O3/c1-3-20-23(37)6-5-17-11-19(39)12-21(24(17)20)28-27(38)29-25(32(40-28)45-2)31(44-9-10-46-15-22-26(35)30(22)44)42-33(41-29)47-16-34-7-4-8-43(34)14-18(36)13-34/h1,5-6,11-12,18,22,26,30H,4,7-10,13-16,39H2,2H3/t18-,22+,26+,30+,34+/m1/s1/i16D2. The van der Waals surface area contributed by atoms with Gasteiger partial charge in [0.15, 0.2) is 5.82 Å². The average Bonchev–Trinajstić information content (AvgIpc) is 3.42. The van der Waals surface area contributed by atoms with Gasteiger partial charge in [0.1, 0.15) is 41.0 Å². The number of fused-ring (bicyclic) bond motifs is 4. The van der Waals surface area contributed by atoms with Crippen LogP contribution in [0.25, 0.3) is 32.9 Å². The van der Waals surface area contributed by atoms with E-state index in [-0.39, 0.29) is 80.8 Å². The number of benzene rings is 2. The molecule has 0 spiro atoms. The van der Waals surface area contributed by atoms with E-state index in [0.717, 1.165) is 0 Å². The molecule has 3 saturated heterocycles. The molecular formula is C34H32ClF3N6O3. The molecule has 4 aromatic rings. The lowest BCUT2D eigenvalue weighted by molar-refractivity contribution is 0.107. The number of nitrogens with zero attached hydrogens (tertiary/aromatic N) is 5. The molecule has 4 fully saturated rings. The second-order valence-corrected chi connectivity index (χ2v) is 13.0. The van der Waals surface area contributed by atoms with Crippen LogP contribution in [-0.4, -0.2) is 89.5 Å². The summed E-state index contributed by atoms with van der Waals surface area (Å²) < 4.78 is 82.6. The molecule has 0 amide bonds. The Morgan fingerprint density at radius 1 is 1.23 bits per heavy atom. The quantitative estimate of drug-likeness (QED) is 0.171. The van der Waals surface area contributed by atoms with E-state index in [0.29, 0.717) is 44.5 Å². The summed E-state index contributed by atoms with van der Waals surface area (Å²) in [5.41, 5.74) is 4.65. The summed E-state index contributed by atoms with van der Waals surface area (Å²) in [4.78, 5) is 17.3. The maximum Gasteiger partial charge on any atom is 0.319 e. The summed E-state index contributed by atoms with van der Waals surface area (Å²) in [6.07, 6.45) is 5.47. The van der Waals surface area contributed by atoms with Crippen LogP contribution in [0.2, 0.25) is 0 Å². The number of ether oxygens (including phenoxy) is 3. The van der Waals surface area contributed by atoms with Crippen molar-refractivity contribution in [1.29, 1.82) is 0 Å². The average molecular weight is 667 g/mol. The number of pyridine rings is 1. The maximum atomic E-state index is 17.2. The molecule has 2 aromatic heterocycles. The first kappa shape index (κ1) is 28.0. The highest BCUT2D eigenvalue weighted by Crippen LogP contribution is 2.48. The second-order valence-electron chi connectivity index (χ2n) is 12.5. The Labute approximate surface area is 277 Å². The third-order valence-corrected chi connectivity index (χ3v) is 10.4. The van der Waals surface area contributed by atoms with Gasteiger partial charge in [-0.05, 0) is 43.0 Å². The Morgan fingerprint density at radius 3 is 2.89 bits per heavy atom. The molecule has 5 heterocycles. The van der Waals surface area contributed by atoms with Crippen LogP contribution in [0, 0.1) is 29.9 Å². The van der Waals surface area contributed by atoms with Crippen LogP contribution in [0.15, 0.2) is 24.3 Å². The zero-order chi connectivity index (χ0) is 34.4. The van der Waals surface area contributed by atoms with Gasteiger partial charge in [-0.25, -0.2) is 18.2 Å². The van der Waals surface area contributed by atoms with Crippen molar-refractivity contribution in [3.8, 4) is 35.5 Å². The minimum absolute atomic E-state index is 0.0327. The van der Waals surface area contributed by atoms with E-state index in [1.54, 1.807) is 11.0 Å². The molecule has 5 atom stereocenters. The molecular weight excluding hydrogens is 633 g/mol. The van der Waals surface area contributed by atoms with Crippen molar-refractivity contribution in [1.82, 2.24) is 19.9 Å². The van der Waals surface area contributed by atoms with E-state index in [1.807, 2.05) is 4.90 Å². The number of methoxy groups -OCH3 is 1. The Kier molecular flexibility index (Phi) is 6.73. The molecule has 8 rings (SSSR count). The lowest BCUT2D eigenvalue weighted by atomic mass is 9.95. The zero-order valence-electron chi connectivity index (χ0n) is 27.4. The third-order valence-electron chi connectivity index (χ3n) is 9.78. The minimum atomic E-state index is -2.45. The summed E-state index contributed by atoms with van der Waals surface area (Å²) in [6.45, 7) is -0.764. The molecule has 47 heavy (non-hydrogen) atoms. The van der Waals surface area contributed by atoms with Gasteiger partial charge in [-0.3, -0.25) is 4.90 Å². The number of alkyl halides is 2. The highest BCUT2D eigenvalue weighted by Gasteiger charge is 2.55. The van der Waals surface area contributed by atoms with Crippen molar-refractivity contribution in [3.63, 3.8) is 0 Å². The Hall–Kier alpha value is -4.05. The minimum Gasteiger partial charge on any atom is -0.480 e. The van der Waals surface area contributed by atoms with Crippen LogP contribution < -0.4 is 20.1 Å². The monoisotopic (exact) mass is 666 g/mol. The molecule has 0 radical (unpaired) electrons. The fraction of sp³-hybridized carbons (Fsp3) is 0.441. The topological polar surface area (TPSA) is 98.9 Å². The number of nitrogens with two attached hydrogens (primary N) is 1. The van der Waals surface area contributed by atoms with Crippen LogP contribution >= 0.6 is 11.6 Å². The maximum absolute atomic E-state index is 17.2. The largest absolute Gasteiger partial charge is 0.480 e. The highest BCUT2D eigenvalue weighted by atomic mass is 35.5. The van der Waals surface area contributed by atoms with Gasteiger partial charge in [0.05, 0.1) is 45.6 Å². The molecule has 9 nitrogen and oxygen atoms in total. The van der Waals surface area contributed by atoms with Crippen molar-refractivity contribution in [3.05, 3.63) is 41.5 Å². The Morgan fingerprint density at radius 2 is 2.09 bits per heavy atom. The highest BCUT2D eigenvalue weighted by molar-refractivity contribution is 6.24. The zero-order valence-corrected chi connectivity index (χ0v) is 26.2. The number of halogens is 4. The summed E-state index contributed by atoms with van der Waals surface area (Å²) >= 11 is 6.68. The van der Waals surface area contributed by atoms with E-state index < -0.39 is 35.9 Å². The van der Waals surface area contributed by atoms with Crippen molar-refractivity contribution in [2.45, 2.75) is 42.4 Å². The molecule has 244 valence electrons. The fourth-order valence-electron chi connectivity index (χ4n) is 7.56. The Balaban J connectivity index is 1.37. The second kappa shape index (κ2) is 11.3. The fourth-order valence-corrected chi connectivity index (χ4v) is 8.02. The lowest BCUT2D eigenvalue weighted by Crippen LogP contribution is -2.43. The number of terminal acetylenes is 1. The van der Waals surface area contributed by atoms with Crippen LogP contribution in [0.1, 0.15) is 27.6 Å². The van der Waals surface area contributed by atoms with E-state index >= 15 is 4.39 Å². The number of anilines is 2. The molecule has 2 aromatic carbocycles. The SMILES string of the molecule is [2H]C([2H])(Oc1nc(N2CCOC[C@H]3[C@H](Cl)[C@H]32)c2c(OC)nc(-c3cc(N)cc4ccc(F)c(C#C)c34)c(F)c2n1)[C@@]12CCCN1C[C@H](F)C2. The molecule has 1 saturated carbocycles. The van der Waals surface area contributed by atoms with Crippen LogP contribution in [-0.2, 0) is 4.74 Å². The summed E-state index contributed by atoms with van der Waals surface area (Å²) in [5, 5.41) is 0.483. The molecule has 2 N–H and O–H groups in total. The van der Waals surface area contributed by atoms with E-state index in [2.05, 4.69) is 20.9 Å². The van der Waals surface area contributed by atoms with Crippen molar-refractivity contribution in [2.75, 3.05) is 57.2 Å². The number of aromatic nitrogens is 3. The summed E-state index contributed by atoms with van der Waals surface area (Å²) in [5.74, 6) is 0.801. The molecule has 13 heteroatoms. The number of nitrogen functional groups attached to an aromatic ring is 1. The van der Waals surface area contributed by atoms with Gasteiger partial charge in [0.25, 0.3) is 0 Å². The van der Waals surface area contributed by atoms with Crippen LogP contribution in [0.3, 0.4) is 0 Å². The van der Waals surface area contributed by atoms with Gasteiger partial charge in [0.2, 0.25) is 5.88 Å². The van der Waals surface area contributed by atoms with Gasteiger partial charge in [0, 0.05) is 42.1 Å². The van der Waals surface area contributed by atoms with Crippen LogP contribution in [0.5, 0.6) is 11.9 Å². The molecule has 3 aliphatic heterocycles. The predicted octanol–water partition coefficient (Wildman–Crippen LogP) is 5.09. The van der Waals surface area contributed by atoms with Crippen molar-refractivity contribution < 1.29 is 30.1 Å². The van der Waals surface area contributed by atoms with Gasteiger partial charge in [-0.2, -0.15) is 9.97 Å². The van der Waals surface area contributed by atoms with Crippen molar-refractivity contribution >= 4 is 44.8 Å². The first-order chi connectivity index (χ1) is 23.5. The number of hydrogen-bond donors (Lipinski definition) is 1. The van der Waals surface area contributed by atoms with E-state index in [9.17, 15) is 8.78 Å². The van der Waals surface area contributed by atoms with Gasteiger partial charge < -0.3 is 24.8 Å². The lowest BCUT2D eigenvalue weighted by Gasteiger charge is -2.31. The number of hydrogen-bond acceptors (Lipinski definition) is 9. The summed E-state index contributed by atoms with van der Waals surface area (Å²) in [6, 6.07) is 5.04. The normalized spacial score (nSPS) is 28.0. The van der Waals surface area contributed by atoms with E-state index in [1.165, 1.54) is 25.3 Å². The van der Waals surface area contributed by atoms with E-state index in [4.69, 9.17) is 40.7 Å². The first-order valence-electron chi connectivity index (χ1n) is 16.5. The Bertz CT molecular complexity index is 2070. The van der Waals surface area contributed by atoms with Crippen molar-refractivity contribution in [2.24, 2.45) is 5.92 Å². The third kappa shape index (κ3) is 4.81. The first-order valence-corrected chi connectivity index (χ1v) is 15.9. The predicted molar refractivity (Wildman–Crippen MR) is 173 cm³/mol.